The number of methoxy groups -OCH3 is 2. The van der Waals surface area contributed by atoms with Gasteiger partial charge in [-0.05, 0) is 68.7 Å². The molecule has 210 valence electrons. The van der Waals surface area contributed by atoms with Gasteiger partial charge in [0.05, 0.1) is 43.1 Å². The number of fused-ring (bicyclic) bond motifs is 1. The highest BCUT2D eigenvalue weighted by Crippen LogP contribution is 2.38. The monoisotopic (exact) mass is 553 g/mol. The maximum Gasteiger partial charge on any atom is 0.262 e. The zero-order chi connectivity index (χ0) is 29.4. The van der Waals surface area contributed by atoms with Crippen LogP contribution in [0.3, 0.4) is 0 Å². The van der Waals surface area contributed by atoms with Crippen LogP contribution in [0.15, 0.2) is 58.0 Å². The van der Waals surface area contributed by atoms with Crippen LogP contribution in [-0.2, 0) is 13.0 Å². The van der Waals surface area contributed by atoms with Crippen molar-refractivity contribution >= 4 is 16.7 Å². The Morgan fingerprint density at radius 1 is 1.00 bits per heavy atom. The molecule has 3 aromatic heterocycles. The molecule has 0 atom stereocenters. The minimum Gasteiger partial charge on any atom is -0.507 e. The van der Waals surface area contributed by atoms with Crippen molar-refractivity contribution < 1.29 is 23.9 Å². The quantitative estimate of drug-likeness (QED) is 0.251. The van der Waals surface area contributed by atoms with E-state index in [9.17, 15) is 14.7 Å². The van der Waals surface area contributed by atoms with E-state index in [-0.39, 0.29) is 30.1 Å². The molecule has 0 bridgehead atoms. The number of aryl methyl sites for hydroxylation is 4. The lowest BCUT2D eigenvalue weighted by atomic mass is 9.96. The molecule has 0 aliphatic heterocycles. The van der Waals surface area contributed by atoms with E-state index < -0.39 is 5.56 Å². The highest BCUT2D eigenvalue weighted by atomic mass is 16.5. The third kappa shape index (κ3) is 5.06. The van der Waals surface area contributed by atoms with Crippen molar-refractivity contribution in [3.05, 3.63) is 98.4 Å². The molecule has 5 rings (SSSR count). The number of pyridine rings is 2. The highest BCUT2D eigenvalue weighted by Gasteiger charge is 2.22. The standard InChI is InChI=1S/C32H31N3O6/c1-17-10-21(11-18(2)31(17)37)12-27(36)23-13-22-14-24(30-19(3)34-41-20(30)4)29(40-6)15-26(22)35(32(23)38)16-25-28(39-5)8-7-9-33-25/h7-11,13-15,37H,12,16H2,1-6H3. The van der Waals surface area contributed by atoms with Crippen LogP contribution in [-0.4, -0.2) is 39.8 Å². The first-order valence-electron chi connectivity index (χ1n) is 13.1. The summed E-state index contributed by atoms with van der Waals surface area (Å²) in [5.74, 6) is 1.54. The number of phenols is 1. The van der Waals surface area contributed by atoms with Crippen LogP contribution in [0, 0.1) is 27.7 Å². The van der Waals surface area contributed by atoms with Crippen molar-refractivity contribution in [1.29, 1.82) is 0 Å². The van der Waals surface area contributed by atoms with Crippen molar-refractivity contribution in [3.63, 3.8) is 0 Å². The summed E-state index contributed by atoms with van der Waals surface area (Å²) in [7, 11) is 3.11. The Morgan fingerprint density at radius 3 is 2.34 bits per heavy atom. The predicted octanol–water partition coefficient (Wildman–Crippen LogP) is 5.48. The topological polar surface area (TPSA) is 117 Å². The molecule has 0 fully saturated rings. The Balaban J connectivity index is 1.73. The summed E-state index contributed by atoms with van der Waals surface area (Å²) in [6.45, 7) is 7.31. The van der Waals surface area contributed by atoms with Crippen molar-refractivity contribution in [2.24, 2.45) is 0 Å². The summed E-state index contributed by atoms with van der Waals surface area (Å²) in [5.41, 5.74) is 4.98. The fraction of sp³-hybridized carbons (Fsp3) is 0.250. The predicted molar refractivity (Wildman–Crippen MR) is 155 cm³/mol. The van der Waals surface area contributed by atoms with Crippen LogP contribution in [0.25, 0.3) is 22.0 Å². The van der Waals surface area contributed by atoms with E-state index in [4.69, 9.17) is 14.0 Å². The third-order valence-electron chi connectivity index (χ3n) is 7.31. The zero-order valence-electron chi connectivity index (χ0n) is 23.9. The summed E-state index contributed by atoms with van der Waals surface area (Å²) < 4.78 is 18.2. The number of benzene rings is 2. The van der Waals surface area contributed by atoms with Crippen LogP contribution in [0.4, 0.5) is 0 Å². The number of nitrogens with zero attached hydrogens (tertiary/aromatic N) is 3. The second-order valence-electron chi connectivity index (χ2n) is 10.1. The summed E-state index contributed by atoms with van der Waals surface area (Å²) in [5, 5.41) is 14.9. The minimum atomic E-state index is -0.449. The Labute approximate surface area is 237 Å². The van der Waals surface area contributed by atoms with Gasteiger partial charge in [0.25, 0.3) is 5.56 Å². The van der Waals surface area contributed by atoms with Gasteiger partial charge in [-0.3, -0.25) is 14.6 Å². The number of hydrogen-bond acceptors (Lipinski definition) is 8. The fourth-order valence-corrected chi connectivity index (χ4v) is 5.30. The van der Waals surface area contributed by atoms with Gasteiger partial charge in [0.1, 0.15) is 28.7 Å². The first kappa shape index (κ1) is 27.6. The second-order valence-corrected chi connectivity index (χ2v) is 10.1. The van der Waals surface area contributed by atoms with Crippen molar-refractivity contribution in [2.45, 2.75) is 40.7 Å². The lowest BCUT2D eigenvalue weighted by molar-refractivity contribution is 0.0991. The molecule has 0 amide bonds. The number of phenolic OH excluding ortho intramolecular Hbond substituents is 1. The normalized spacial score (nSPS) is 11.2. The molecule has 1 N–H and O–H groups in total. The molecule has 0 spiro atoms. The van der Waals surface area contributed by atoms with Crippen LogP contribution >= 0.6 is 0 Å². The van der Waals surface area contributed by atoms with Gasteiger partial charge in [0.2, 0.25) is 0 Å². The smallest absolute Gasteiger partial charge is 0.262 e. The third-order valence-corrected chi connectivity index (χ3v) is 7.31. The van der Waals surface area contributed by atoms with Crippen molar-refractivity contribution in [3.8, 4) is 28.4 Å². The van der Waals surface area contributed by atoms with E-state index in [1.165, 1.54) is 4.57 Å². The number of hydrogen-bond donors (Lipinski definition) is 1. The van der Waals surface area contributed by atoms with Gasteiger partial charge in [-0.15, -0.1) is 0 Å². The number of ketones is 1. The van der Waals surface area contributed by atoms with Crippen LogP contribution in [0.1, 0.15) is 44.2 Å². The van der Waals surface area contributed by atoms with E-state index in [1.807, 2.05) is 19.9 Å². The van der Waals surface area contributed by atoms with Gasteiger partial charge in [0, 0.05) is 29.6 Å². The molecule has 0 unspecified atom stereocenters. The van der Waals surface area contributed by atoms with Crippen LogP contribution < -0.4 is 15.0 Å². The molecule has 0 saturated heterocycles. The molecule has 2 aromatic carbocycles. The average Bonchev–Trinajstić information content (AvgIpc) is 3.29. The molecular formula is C32H31N3O6. The Hall–Kier alpha value is -4.92. The summed E-state index contributed by atoms with van der Waals surface area (Å²) in [4.78, 5) is 32.1. The number of rotatable bonds is 8. The van der Waals surface area contributed by atoms with Gasteiger partial charge in [0.15, 0.2) is 5.78 Å². The number of Topliss-reactive ketones (excluding diaryl/α,β-unsaturated/α-hetero) is 1. The van der Waals surface area contributed by atoms with E-state index in [0.29, 0.717) is 56.2 Å². The first-order chi connectivity index (χ1) is 19.6. The Morgan fingerprint density at radius 2 is 1.71 bits per heavy atom. The van der Waals surface area contributed by atoms with Crippen molar-refractivity contribution in [2.75, 3.05) is 14.2 Å². The molecule has 5 aromatic rings. The molecule has 9 heteroatoms. The van der Waals surface area contributed by atoms with Gasteiger partial charge in [-0.2, -0.15) is 0 Å². The molecule has 0 aliphatic carbocycles. The van der Waals surface area contributed by atoms with E-state index in [1.54, 1.807) is 70.7 Å². The minimum absolute atomic E-state index is 0.00247. The molecule has 9 nitrogen and oxygen atoms in total. The number of aromatic hydroxyl groups is 1. The number of aromatic nitrogens is 3. The Bertz CT molecular complexity index is 1830. The summed E-state index contributed by atoms with van der Waals surface area (Å²) in [6, 6.07) is 12.4. The van der Waals surface area contributed by atoms with Gasteiger partial charge in [-0.25, -0.2) is 0 Å². The number of carbonyl (C=O) groups is 1. The molecule has 0 aliphatic rings. The van der Waals surface area contributed by atoms with Crippen LogP contribution in [0.2, 0.25) is 0 Å². The van der Waals surface area contributed by atoms with Gasteiger partial charge in [-0.1, -0.05) is 17.3 Å². The van der Waals surface area contributed by atoms with E-state index in [0.717, 1.165) is 11.1 Å². The molecule has 41 heavy (non-hydrogen) atoms. The number of carbonyl (C=O) groups excluding carboxylic acids is 1. The largest absolute Gasteiger partial charge is 0.507 e. The average molecular weight is 554 g/mol. The first-order valence-corrected chi connectivity index (χ1v) is 13.1. The maximum absolute atomic E-state index is 14.0. The van der Waals surface area contributed by atoms with E-state index in [2.05, 4.69) is 10.1 Å². The maximum atomic E-state index is 14.0. The Kier molecular flexibility index (Phi) is 7.36. The lowest BCUT2D eigenvalue weighted by Crippen LogP contribution is -2.28. The molecular weight excluding hydrogens is 522 g/mol. The zero-order valence-corrected chi connectivity index (χ0v) is 23.9. The van der Waals surface area contributed by atoms with E-state index >= 15 is 0 Å². The summed E-state index contributed by atoms with van der Waals surface area (Å²) in [6.07, 6.45) is 1.63. The summed E-state index contributed by atoms with van der Waals surface area (Å²) >= 11 is 0. The molecule has 0 radical (unpaired) electrons. The van der Waals surface area contributed by atoms with Crippen LogP contribution in [0.5, 0.6) is 17.2 Å². The fourth-order valence-electron chi connectivity index (χ4n) is 5.30. The highest BCUT2D eigenvalue weighted by molar-refractivity contribution is 6.01. The SMILES string of the molecule is COc1cc2c(cc1-c1c(C)noc1C)cc(C(=O)Cc1cc(C)c(O)c(C)c1)c(=O)n2Cc1ncccc1OC. The van der Waals surface area contributed by atoms with Crippen molar-refractivity contribution in [1.82, 2.24) is 14.7 Å². The molecule has 0 saturated carbocycles. The second kappa shape index (κ2) is 10.9. The molecule has 3 heterocycles. The lowest BCUT2D eigenvalue weighted by Gasteiger charge is -2.17. The number of ether oxygens (including phenoxy) is 2. The van der Waals surface area contributed by atoms with Gasteiger partial charge < -0.3 is 23.7 Å². The van der Waals surface area contributed by atoms with Gasteiger partial charge >= 0.3 is 0 Å².